The van der Waals surface area contributed by atoms with E-state index in [1.54, 1.807) is 0 Å². The molecule has 2 aliphatic carbocycles. The normalized spacial score (nSPS) is 15.8. The smallest absolute Gasteiger partial charge is 0.656 e. The molecule has 0 bridgehead atoms. The van der Waals surface area contributed by atoms with Crippen molar-refractivity contribution >= 4 is 77.0 Å². The number of rotatable bonds is 8. The van der Waals surface area contributed by atoms with Gasteiger partial charge in [-0.2, -0.15) is 0 Å². The molecular weight excluding hydrogens is 1070 g/mol. The Kier molecular flexibility index (Phi) is 14.5. The molecule has 4 heterocycles. The number of nitrogens with zero attached hydrogens (tertiary/aromatic N) is 4. The number of allylic oxidation sites excluding steroid dienone is 4. The second-order valence-electron chi connectivity index (χ2n) is 21.1. The zero-order valence-corrected chi connectivity index (χ0v) is 47.0. The molecule has 4 aliphatic rings. The molecule has 4 nitrogen and oxygen atoms in total. The van der Waals surface area contributed by atoms with Crippen LogP contribution in [0.3, 0.4) is 0 Å². The third kappa shape index (κ3) is 9.87. The minimum atomic E-state index is 0. The van der Waals surface area contributed by atoms with Crippen LogP contribution < -0.4 is 9.97 Å². The van der Waals surface area contributed by atoms with Gasteiger partial charge in [0.15, 0.2) is 0 Å². The average Bonchev–Trinajstić information content (AvgIpc) is 4.16. The zero-order valence-electron chi connectivity index (χ0n) is 42.8. The van der Waals surface area contributed by atoms with Crippen molar-refractivity contribution in [3.63, 3.8) is 0 Å². The van der Waals surface area contributed by atoms with Crippen LogP contribution >= 0.6 is 31.9 Å². The molecule has 0 saturated carbocycles. The summed E-state index contributed by atoms with van der Waals surface area (Å²) in [7, 11) is 0. The van der Waals surface area contributed by atoms with Crippen LogP contribution in [-0.2, 0) is 29.9 Å². The first-order chi connectivity index (χ1) is 34.8. The van der Waals surface area contributed by atoms with Crippen molar-refractivity contribution in [2.75, 3.05) is 0 Å². The van der Waals surface area contributed by atoms with E-state index in [1.807, 2.05) is 0 Å². The first kappa shape index (κ1) is 50.7. The van der Waals surface area contributed by atoms with E-state index in [0.29, 0.717) is 23.7 Å². The van der Waals surface area contributed by atoms with Crippen LogP contribution in [0, 0.1) is 0 Å². The van der Waals surface area contributed by atoms with Gasteiger partial charge in [-0.1, -0.05) is 196 Å². The standard InChI is InChI=1S/2C33H30BrN2.Cu/c2*1-19(2)22-11-13-28(29(16-22)20(3)4)33-30-17-24(34)12-14-27(30)31(36-33)18-25-15-23-10-9-21-7-5-6-8-26(21)32(23)35-25;/h2*5-8,11-20H,9-10H2,1-4H3;/q2*-1;+2/b2*25-18-;. The number of hydrogen-bond donors (Lipinski definition) is 0. The molecule has 1 radical (unpaired) electrons. The maximum Gasteiger partial charge on any atom is 2.00 e. The molecule has 12 rings (SSSR count). The molecule has 0 N–H and O–H groups in total. The van der Waals surface area contributed by atoms with E-state index in [0.717, 1.165) is 91.0 Å². The Morgan fingerprint density at radius 1 is 0.438 bits per heavy atom. The van der Waals surface area contributed by atoms with E-state index in [4.69, 9.17) is 20.0 Å². The topological polar surface area (TPSA) is 52.9 Å². The van der Waals surface area contributed by atoms with Crippen LogP contribution in [-0.4, -0.2) is 11.4 Å². The summed E-state index contributed by atoms with van der Waals surface area (Å²) in [5, 5.41) is 4.68. The molecule has 369 valence electrons. The van der Waals surface area contributed by atoms with E-state index >= 15 is 0 Å². The van der Waals surface area contributed by atoms with Gasteiger partial charge in [-0.05, 0) is 163 Å². The van der Waals surface area contributed by atoms with Gasteiger partial charge in [-0.3, -0.25) is 0 Å². The molecule has 8 aromatic rings. The first-order valence-corrected chi connectivity index (χ1v) is 27.4. The second-order valence-corrected chi connectivity index (χ2v) is 22.9. The molecule has 7 heteroatoms. The number of benzene rings is 6. The zero-order chi connectivity index (χ0) is 49.9. The van der Waals surface area contributed by atoms with Crippen molar-refractivity contribution in [3.05, 3.63) is 221 Å². The summed E-state index contributed by atoms with van der Waals surface area (Å²) in [5.41, 5.74) is 24.2. The molecule has 0 amide bonds. The van der Waals surface area contributed by atoms with Crippen molar-refractivity contribution in [2.45, 2.75) is 105 Å². The molecule has 0 saturated heterocycles. The van der Waals surface area contributed by atoms with E-state index in [9.17, 15) is 0 Å². The van der Waals surface area contributed by atoms with Crippen LogP contribution in [0.4, 0.5) is 0 Å². The van der Waals surface area contributed by atoms with Gasteiger partial charge in [0.2, 0.25) is 0 Å². The van der Waals surface area contributed by atoms with Gasteiger partial charge in [0.25, 0.3) is 0 Å². The van der Waals surface area contributed by atoms with Crippen molar-refractivity contribution < 1.29 is 17.1 Å². The third-order valence-corrected chi connectivity index (χ3v) is 15.9. The molecule has 73 heavy (non-hydrogen) atoms. The molecule has 0 spiro atoms. The van der Waals surface area contributed by atoms with Gasteiger partial charge in [-0.15, -0.1) is 22.8 Å². The summed E-state index contributed by atoms with van der Waals surface area (Å²) in [6, 6.07) is 44.1. The van der Waals surface area contributed by atoms with Crippen LogP contribution in [0.15, 0.2) is 175 Å². The van der Waals surface area contributed by atoms with E-state index < -0.39 is 0 Å². The van der Waals surface area contributed by atoms with E-state index in [2.05, 4.69) is 233 Å². The fraction of sp³-hybridized carbons (Fsp3) is 0.242. The van der Waals surface area contributed by atoms with Gasteiger partial charge in [-0.25, -0.2) is 9.98 Å². The molecule has 6 aromatic carbocycles. The second kappa shape index (κ2) is 20.8. The minimum Gasteiger partial charge on any atom is -0.656 e. The summed E-state index contributed by atoms with van der Waals surface area (Å²) >= 11 is 7.39. The molecule has 2 aromatic heterocycles. The monoisotopic (exact) mass is 1130 g/mol. The number of fused-ring (bicyclic) bond motifs is 8. The molecule has 0 fully saturated rings. The maximum atomic E-state index is 5.25. The fourth-order valence-corrected chi connectivity index (χ4v) is 11.7. The van der Waals surface area contributed by atoms with Crippen molar-refractivity contribution in [3.8, 4) is 22.5 Å². The Morgan fingerprint density at radius 3 is 1.25 bits per heavy atom. The van der Waals surface area contributed by atoms with Crippen molar-refractivity contribution in [1.29, 1.82) is 0 Å². The predicted octanol–water partition coefficient (Wildman–Crippen LogP) is 18.4. The first-order valence-electron chi connectivity index (χ1n) is 25.8. The molecule has 0 unspecified atom stereocenters. The molecule has 0 atom stereocenters. The van der Waals surface area contributed by atoms with Gasteiger partial charge in [0, 0.05) is 20.1 Å². The fourth-order valence-electron chi connectivity index (χ4n) is 11.0. The molecule has 2 aliphatic heterocycles. The minimum absolute atomic E-state index is 0. The Labute approximate surface area is 458 Å². The number of aromatic nitrogens is 2. The van der Waals surface area contributed by atoms with Gasteiger partial charge in [0.05, 0.1) is 22.8 Å². The average molecular weight is 1130 g/mol. The summed E-state index contributed by atoms with van der Waals surface area (Å²) < 4.78 is 2.14. The van der Waals surface area contributed by atoms with Crippen LogP contribution in [0.25, 0.3) is 56.2 Å². The van der Waals surface area contributed by atoms with Crippen LogP contribution in [0.5, 0.6) is 0 Å². The van der Waals surface area contributed by atoms with Crippen molar-refractivity contribution in [1.82, 2.24) is 9.97 Å². The number of halogens is 2. The van der Waals surface area contributed by atoms with Gasteiger partial charge >= 0.3 is 17.1 Å². The Morgan fingerprint density at radius 2 is 0.849 bits per heavy atom. The third-order valence-electron chi connectivity index (χ3n) is 14.9. The summed E-state index contributed by atoms with van der Waals surface area (Å²) in [5.74, 6) is 1.82. The molecular formula is C66H60Br2CuN4. The Hall–Kier alpha value is -5.82. The number of aryl methyl sites for hydroxylation is 2. The number of hydrogen-bond acceptors (Lipinski definition) is 2. The van der Waals surface area contributed by atoms with Gasteiger partial charge in [0.1, 0.15) is 0 Å². The Bertz CT molecular complexity index is 3440. The van der Waals surface area contributed by atoms with Crippen LogP contribution in [0.1, 0.15) is 148 Å². The predicted molar refractivity (Wildman–Crippen MR) is 312 cm³/mol. The maximum absolute atomic E-state index is 5.25. The van der Waals surface area contributed by atoms with E-state index in [1.165, 1.54) is 77.6 Å². The quantitative estimate of drug-likeness (QED) is 0.142. The number of aliphatic imine (C=N–C) groups is 2. The van der Waals surface area contributed by atoms with Crippen molar-refractivity contribution in [2.24, 2.45) is 9.98 Å². The van der Waals surface area contributed by atoms with Crippen LogP contribution in [0.2, 0.25) is 0 Å². The summed E-state index contributed by atoms with van der Waals surface area (Å²) in [6.45, 7) is 18.1. The SMILES string of the molecule is CC(C)c1ccc(-c2[n-]c(/C=C3/C=C4CCc5ccccc5C4=N3)c3ccc(Br)cc23)c(C(C)C)c1.CC(C)c1ccc(-c2[n-]c(/C=C3/C=C4CCc5ccccc5C4=N3)c3ccc(Br)cc23)c(C(C)C)c1.[Cu+2]. The summed E-state index contributed by atoms with van der Waals surface area (Å²) in [6.07, 6.45) is 13.1. The Balaban J connectivity index is 0.000000165. The summed E-state index contributed by atoms with van der Waals surface area (Å²) in [4.78, 5) is 20.6. The van der Waals surface area contributed by atoms with Gasteiger partial charge < -0.3 is 9.97 Å². The van der Waals surface area contributed by atoms with E-state index in [-0.39, 0.29) is 17.1 Å². The largest absolute Gasteiger partial charge is 2.00 e.